The molecule has 6 nitrogen and oxygen atoms in total. The van der Waals surface area contributed by atoms with Gasteiger partial charge in [-0.2, -0.15) is 5.10 Å². The molecule has 25 heavy (non-hydrogen) atoms. The zero-order valence-corrected chi connectivity index (χ0v) is 13.1. The van der Waals surface area contributed by atoms with Crippen molar-refractivity contribution in [2.75, 3.05) is 0 Å². The molecule has 0 aliphatic rings. The number of fused-ring (bicyclic) bond motifs is 2. The maximum atomic E-state index is 12.5. The third-order valence-electron chi connectivity index (χ3n) is 4.30. The minimum atomic E-state index is -0.182. The molecule has 0 saturated carbocycles. The van der Waals surface area contributed by atoms with Crippen LogP contribution in [0.2, 0.25) is 0 Å². The van der Waals surface area contributed by atoms with Crippen molar-refractivity contribution in [3.8, 4) is 17.1 Å². The number of nitrogens with zero attached hydrogens (tertiary/aromatic N) is 3. The first-order chi connectivity index (χ1) is 12.3. The monoisotopic (exact) mass is 327 g/mol. The van der Waals surface area contributed by atoms with E-state index in [1.165, 1.54) is 4.68 Å². The van der Waals surface area contributed by atoms with Gasteiger partial charge in [0.2, 0.25) is 5.95 Å². The van der Waals surface area contributed by atoms with Gasteiger partial charge in [-0.05, 0) is 46.8 Å². The lowest BCUT2D eigenvalue weighted by Gasteiger charge is -2.06. The topological polar surface area (TPSA) is 79.4 Å². The van der Waals surface area contributed by atoms with E-state index in [2.05, 4.69) is 38.2 Å². The fourth-order valence-electron chi connectivity index (χ4n) is 3.04. The van der Waals surface area contributed by atoms with E-state index in [1.807, 2.05) is 30.5 Å². The van der Waals surface area contributed by atoms with E-state index in [0.29, 0.717) is 16.9 Å². The van der Waals surface area contributed by atoms with Crippen LogP contribution in [0, 0.1) is 0 Å². The summed E-state index contributed by atoms with van der Waals surface area (Å²) in [5.41, 5.74) is 3.55. The highest BCUT2D eigenvalue weighted by Gasteiger charge is 2.08. The predicted octanol–water partition coefficient (Wildman–Crippen LogP) is 3.26. The standard InChI is InChI=1S/C19H13N5O/c25-18-15-10-13(14-3-2-12-6-8-20-17(12)11-14)4-5-16(15)22-19(23-18)24-9-1-7-21-24/h1-11,20H,(H,22,23,25). The highest BCUT2D eigenvalue weighted by Crippen LogP contribution is 2.25. The van der Waals surface area contributed by atoms with Gasteiger partial charge in [-0.1, -0.05) is 18.2 Å². The van der Waals surface area contributed by atoms with E-state index in [9.17, 15) is 4.79 Å². The average Bonchev–Trinajstić information content (AvgIpc) is 3.32. The van der Waals surface area contributed by atoms with Crippen molar-refractivity contribution >= 4 is 21.8 Å². The fraction of sp³-hybridized carbons (Fsp3) is 0. The van der Waals surface area contributed by atoms with Crippen LogP contribution in [-0.4, -0.2) is 24.7 Å². The van der Waals surface area contributed by atoms with Crippen LogP contribution in [0.25, 0.3) is 38.9 Å². The van der Waals surface area contributed by atoms with Gasteiger partial charge >= 0.3 is 0 Å². The first-order valence-electron chi connectivity index (χ1n) is 7.89. The van der Waals surface area contributed by atoms with Gasteiger partial charge in [0, 0.05) is 24.1 Å². The Morgan fingerprint density at radius 1 is 1.00 bits per heavy atom. The highest BCUT2D eigenvalue weighted by molar-refractivity contribution is 5.88. The van der Waals surface area contributed by atoms with Crippen molar-refractivity contribution in [2.24, 2.45) is 0 Å². The van der Waals surface area contributed by atoms with Gasteiger partial charge in [-0.3, -0.25) is 9.78 Å². The third kappa shape index (κ3) is 2.23. The molecule has 0 aliphatic carbocycles. The average molecular weight is 327 g/mol. The molecular formula is C19H13N5O. The van der Waals surface area contributed by atoms with Gasteiger partial charge in [0.15, 0.2) is 0 Å². The summed E-state index contributed by atoms with van der Waals surface area (Å²) in [7, 11) is 0. The van der Waals surface area contributed by atoms with E-state index in [-0.39, 0.29) is 5.56 Å². The van der Waals surface area contributed by atoms with Crippen LogP contribution in [0.4, 0.5) is 0 Å². The first kappa shape index (κ1) is 13.7. The Morgan fingerprint density at radius 3 is 2.76 bits per heavy atom. The summed E-state index contributed by atoms with van der Waals surface area (Å²) in [6, 6.07) is 15.7. The smallest absolute Gasteiger partial charge is 0.260 e. The number of H-pyrrole nitrogens is 2. The van der Waals surface area contributed by atoms with E-state index < -0.39 is 0 Å². The molecule has 0 spiro atoms. The van der Waals surface area contributed by atoms with Crippen molar-refractivity contribution < 1.29 is 0 Å². The molecule has 0 saturated heterocycles. The van der Waals surface area contributed by atoms with Crippen LogP contribution in [0.5, 0.6) is 0 Å². The Balaban J connectivity index is 1.67. The summed E-state index contributed by atoms with van der Waals surface area (Å²) in [5.74, 6) is 0.406. The normalized spacial score (nSPS) is 11.4. The summed E-state index contributed by atoms with van der Waals surface area (Å²) < 4.78 is 1.54. The van der Waals surface area contributed by atoms with Gasteiger partial charge in [0.05, 0.1) is 10.9 Å². The summed E-state index contributed by atoms with van der Waals surface area (Å²) in [5, 5.41) is 5.82. The maximum absolute atomic E-state index is 12.5. The van der Waals surface area contributed by atoms with Gasteiger partial charge in [-0.15, -0.1) is 0 Å². The minimum Gasteiger partial charge on any atom is -0.361 e. The highest BCUT2D eigenvalue weighted by atomic mass is 16.1. The Morgan fingerprint density at radius 2 is 1.88 bits per heavy atom. The number of rotatable bonds is 2. The molecule has 0 fully saturated rings. The van der Waals surface area contributed by atoms with E-state index >= 15 is 0 Å². The molecule has 5 aromatic rings. The quantitative estimate of drug-likeness (QED) is 0.522. The van der Waals surface area contributed by atoms with Crippen LogP contribution >= 0.6 is 0 Å². The molecule has 0 unspecified atom stereocenters. The number of hydrogen-bond acceptors (Lipinski definition) is 3. The molecule has 5 rings (SSSR count). The number of aromatic nitrogens is 5. The molecule has 0 bridgehead atoms. The number of nitrogens with one attached hydrogen (secondary N) is 2. The predicted molar refractivity (Wildman–Crippen MR) is 96.8 cm³/mol. The Bertz CT molecular complexity index is 1260. The van der Waals surface area contributed by atoms with Crippen molar-refractivity contribution in [1.29, 1.82) is 0 Å². The number of hydrogen-bond donors (Lipinski definition) is 2. The zero-order valence-electron chi connectivity index (χ0n) is 13.1. The lowest BCUT2D eigenvalue weighted by molar-refractivity contribution is 0.810. The van der Waals surface area contributed by atoms with E-state index in [4.69, 9.17) is 0 Å². The second-order valence-corrected chi connectivity index (χ2v) is 5.85. The van der Waals surface area contributed by atoms with Crippen LogP contribution in [0.15, 0.2) is 71.9 Å². The van der Waals surface area contributed by atoms with Crippen molar-refractivity contribution in [3.63, 3.8) is 0 Å². The van der Waals surface area contributed by atoms with Crippen molar-refractivity contribution in [1.82, 2.24) is 24.7 Å². The van der Waals surface area contributed by atoms with E-state index in [0.717, 1.165) is 22.0 Å². The fourth-order valence-corrected chi connectivity index (χ4v) is 3.04. The van der Waals surface area contributed by atoms with Crippen molar-refractivity contribution in [2.45, 2.75) is 0 Å². The van der Waals surface area contributed by atoms with Crippen LogP contribution in [0.3, 0.4) is 0 Å². The van der Waals surface area contributed by atoms with Gasteiger partial charge in [0.1, 0.15) is 0 Å². The van der Waals surface area contributed by atoms with Gasteiger partial charge in [-0.25, -0.2) is 9.67 Å². The zero-order chi connectivity index (χ0) is 16.8. The Kier molecular flexibility index (Phi) is 2.84. The van der Waals surface area contributed by atoms with Gasteiger partial charge < -0.3 is 4.98 Å². The number of benzene rings is 2. The lowest BCUT2D eigenvalue weighted by atomic mass is 10.0. The molecule has 120 valence electrons. The molecule has 0 amide bonds. The second kappa shape index (κ2) is 5.17. The molecule has 2 N–H and O–H groups in total. The molecule has 0 atom stereocenters. The summed E-state index contributed by atoms with van der Waals surface area (Å²) in [6.45, 7) is 0. The SMILES string of the molecule is O=c1[nH]c(-n2cccn2)nc2ccc(-c3ccc4cc[nH]c4c3)cc12. The summed E-state index contributed by atoms with van der Waals surface area (Å²) in [4.78, 5) is 23.0. The van der Waals surface area contributed by atoms with Crippen molar-refractivity contribution in [3.05, 3.63) is 77.5 Å². The largest absolute Gasteiger partial charge is 0.361 e. The Hall–Kier alpha value is -3.67. The lowest BCUT2D eigenvalue weighted by Crippen LogP contribution is -2.13. The summed E-state index contributed by atoms with van der Waals surface area (Å²) in [6.07, 6.45) is 5.30. The maximum Gasteiger partial charge on any atom is 0.260 e. The molecule has 0 aliphatic heterocycles. The third-order valence-corrected chi connectivity index (χ3v) is 4.30. The van der Waals surface area contributed by atoms with Crippen LogP contribution in [-0.2, 0) is 0 Å². The minimum absolute atomic E-state index is 0.182. The van der Waals surface area contributed by atoms with Crippen LogP contribution < -0.4 is 5.56 Å². The molecule has 6 heteroatoms. The first-order valence-corrected chi connectivity index (χ1v) is 7.89. The van der Waals surface area contributed by atoms with E-state index in [1.54, 1.807) is 18.5 Å². The second-order valence-electron chi connectivity index (χ2n) is 5.85. The Labute approximate surface area is 141 Å². The molecule has 3 heterocycles. The molecular weight excluding hydrogens is 314 g/mol. The number of aromatic amines is 2. The summed E-state index contributed by atoms with van der Waals surface area (Å²) >= 11 is 0. The molecule has 0 radical (unpaired) electrons. The molecule has 2 aromatic carbocycles. The van der Waals surface area contributed by atoms with Crippen LogP contribution in [0.1, 0.15) is 0 Å². The molecule has 3 aromatic heterocycles. The van der Waals surface area contributed by atoms with Gasteiger partial charge in [0.25, 0.3) is 5.56 Å².